The second kappa shape index (κ2) is 6.78. The number of carbonyl (C=O) groups is 1. The fourth-order valence-corrected chi connectivity index (χ4v) is 2.74. The Bertz CT molecular complexity index is 202. The second-order valence-electron chi connectivity index (χ2n) is 3.59. The van der Waals surface area contributed by atoms with E-state index in [4.69, 9.17) is 8.85 Å². The van der Waals surface area contributed by atoms with Crippen LogP contribution in [0.3, 0.4) is 0 Å². The molecule has 0 aromatic heterocycles. The van der Waals surface area contributed by atoms with Gasteiger partial charge in [0.2, 0.25) is 0 Å². The Morgan fingerprint density at radius 3 is 2.43 bits per heavy atom. The van der Waals surface area contributed by atoms with Crippen LogP contribution in [0.25, 0.3) is 0 Å². The monoisotopic (exact) mass is 216 g/mol. The molecule has 14 heavy (non-hydrogen) atoms. The zero-order valence-corrected chi connectivity index (χ0v) is 10.7. The second-order valence-corrected chi connectivity index (χ2v) is 5.53. The minimum absolute atomic E-state index is 0.121. The van der Waals surface area contributed by atoms with Crippen LogP contribution in [-0.2, 0) is 13.6 Å². The lowest BCUT2D eigenvalue weighted by molar-refractivity contribution is -0.131. The normalized spacial score (nSPS) is 12.6. The summed E-state index contributed by atoms with van der Waals surface area (Å²) in [5.74, 6) is -0.323. The van der Waals surface area contributed by atoms with Gasteiger partial charge in [-0.2, -0.15) is 0 Å². The summed E-state index contributed by atoms with van der Waals surface area (Å²) >= 11 is 0. The Balaban J connectivity index is 4.08. The molecule has 0 radical (unpaired) electrons. The molecule has 0 saturated heterocycles. The van der Waals surface area contributed by atoms with Gasteiger partial charge < -0.3 is 8.85 Å². The van der Waals surface area contributed by atoms with E-state index in [0.29, 0.717) is 5.57 Å². The summed E-state index contributed by atoms with van der Waals surface area (Å²) in [7, 11) is -1.82. The first-order valence-corrected chi connectivity index (χ1v) is 6.75. The van der Waals surface area contributed by atoms with Gasteiger partial charge in [0.1, 0.15) is 0 Å². The molecule has 0 amide bonds. The predicted octanol–water partition coefficient (Wildman–Crippen LogP) is 2.16. The molecule has 82 valence electrons. The molecule has 0 aliphatic heterocycles. The Morgan fingerprint density at radius 2 is 2.07 bits per heavy atom. The van der Waals surface area contributed by atoms with Crippen LogP contribution in [0, 0.1) is 0 Å². The number of hydrogen-bond donors (Lipinski definition) is 0. The lowest BCUT2D eigenvalue weighted by atomic mass is 10.4. The third-order valence-electron chi connectivity index (χ3n) is 1.54. The molecule has 1 atom stereocenters. The average molecular weight is 216 g/mol. The van der Waals surface area contributed by atoms with Crippen LogP contribution in [0.4, 0.5) is 0 Å². The minimum atomic E-state index is -1.82. The third kappa shape index (κ3) is 5.94. The Labute approximate surface area is 87.9 Å². The molecule has 0 aliphatic rings. The van der Waals surface area contributed by atoms with E-state index in [0.717, 1.165) is 12.5 Å². The summed E-state index contributed by atoms with van der Waals surface area (Å²) in [6, 6.07) is 0.858. The van der Waals surface area contributed by atoms with E-state index in [9.17, 15) is 4.79 Å². The van der Waals surface area contributed by atoms with Crippen LogP contribution in [0.5, 0.6) is 0 Å². The van der Waals surface area contributed by atoms with Crippen molar-refractivity contribution in [1.82, 2.24) is 0 Å². The van der Waals surface area contributed by atoms with Crippen molar-refractivity contribution in [2.24, 2.45) is 0 Å². The zero-order valence-electron chi connectivity index (χ0n) is 9.50. The van der Waals surface area contributed by atoms with E-state index in [1.165, 1.54) is 0 Å². The Morgan fingerprint density at radius 1 is 1.50 bits per heavy atom. The molecule has 0 fully saturated rings. The van der Waals surface area contributed by atoms with Gasteiger partial charge in [-0.3, -0.25) is 0 Å². The molecule has 0 N–H and O–H groups in total. The van der Waals surface area contributed by atoms with Crippen molar-refractivity contribution in [2.75, 3.05) is 0 Å². The van der Waals surface area contributed by atoms with E-state index in [1.807, 2.05) is 13.8 Å². The molecule has 0 aromatic rings. The standard InChI is InChI=1S/C10H20O3Si/c1-6-7-14(12-9(4)5)13-10(11)8(2)3/h9,14H,2,6-7H2,1,3-5H3. The van der Waals surface area contributed by atoms with E-state index < -0.39 is 9.28 Å². The highest BCUT2D eigenvalue weighted by Crippen LogP contribution is 2.06. The zero-order chi connectivity index (χ0) is 11.1. The smallest absolute Gasteiger partial charge is 0.385 e. The van der Waals surface area contributed by atoms with Crippen molar-refractivity contribution in [1.29, 1.82) is 0 Å². The van der Waals surface area contributed by atoms with Gasteiger partial charge in [-0.15, -0.1) is 0 Å². The lowest BCUT2D eigenvalue weighted by Gasteiger charge is -2.18. The summed E-state index contributed by atoms with van der Waals surface area (Å²) < 4.78 is 10.8. The third-order valence-corrected chi connectivity index (χ3v) is 3.91. The van der Waals surface area contributed by atoms with Gasteiger partial charge in [-0.05, 0) is 26.8 Å². The molecule has 0 spiro atoms. The van der Waals surface area contributed by atoms with Crippen molar-refractivity contribution >= 4 is 15.3 Å². The first-order chi connectivity index (χ1) is 6.47. The topological polar surface area (TPSA) is 35.5 Å². The van der Waals surface area contributed by atoms with Crippen molar-refractivity contribution < 1.29 is 13.6 Å². The maximum absolute atomic E-state index is 11.2. The van der Waals surface area contributed by atoms with Crippen LogP contribution in [0.15, 0.2) is 12.2 Å². The van der Waals surface area contributed by atoms with E-state index in [-0.39, 0.29) is 12.1 Å². The van der Waals surface area contributed by atoms with Gasteiger partial charge >= 0.3 is 15.3 Å². The fourth-order valence-electron chi connectivity index (χ4n) is 0.914. The van der Waals surface area contributed by atoms with E-state index in [1.54, 1.807) is 6.92 Å². The molecule has 4 heteroatoms. The number of rotatable bonds is 6. The maximum Gasteiger partial charge on any atom is 0.385 e. The molecule has 0 bridgehead atoms. The molecule has 0 aromatic carbocycles. The van der Waals surface area contributed by atoms with Crippen LogP contribution in [-0.4, -0.2) is 21.4 Å². The quantitative estimate of drug-likeness (QED) is 0.504. The van der Waals surface area contributed by atoms with Gasteiger partial charge in [0.15, 0.2) is 0 Å². The van der Waals surface area contributed by atoms with Gasteiger partial charge in [0.25, 0.3) is 0 Å². The molecular weight excluding hydrogens is 196 g/mol. The van der Waals surface area contributed by atoms with Gasteiger partial charge in [0, 0.05) is 11.7 Å². The first-order valence-electron chi connectivity index (χ1n) is 4.99. The summed E-state index contributed by atoms with van der Waals surface area (Å²) in [5, 5.41) is 0. The highest BCUT2D eigenvalue weighted by Gasteiger charge is 2.19. The lowest BCUT2D eigenvalue weighted by Crippen LogP contribution is -2.29. The first kappa shape index (κ1) is 13.4. The van der Waals surface area contributed by atoms with Crippen LogP contribution < -0.4 is 0 Å². The molecule has 0 heterocycles. The van der Waals surface area contributed by atoms with Crippen molar-refractivity contribution in [3.05, 3.63) is 12.2 Å². The number of carbonyl (C=O) groups excluding carboxylic acids is 1. The summed E-state index contributed by atoms with van der Waals surface area (Å²) in [6.45, 7) is 11.1. The van der Waals surface area contributed by atoms with Crippen molar-refractivity contribution in [3.63, 3.8) is 0 Å². The average Bonchev–Trinajstić information content (AvgIpc) is 2.02. The largest absolute Gasteiger partial charge is 0.493 e. The molecule has 1 unspecified atom stereocenters. The van der Waals surface area contributed by atoms with Crippen molar-refractivity contribution in [2.45, 2.75) is 46.3 Å². The van der Waals surface area contributed by atoms with Crippen LogP contribution >= 0.6 is 0 Å². The van der Waals surface area contributed by atoms with E-state index >= 15 is 0 Å². The predicted molar refractivity (Wildman–Crippen MR) is 59.4 cm³/mol. The Hall–Kier alpha value is -0.613. The van der Waals surface area contributed by atoms with Gasteiger partial charge in [0.05, 0.1) is 0 Å². The highest BCUT2D eigenvalue weighted by molar-refractivity contribution is 6.47. The number of hydrogen-bond acceptors (Lipinski definition) is 3. The van der Waals surface area contributed by atoms with Crippen molar-refractivity contribution in [3.8, 4) is 0 Å². The van der Waals surface area contributed by atoms with Crippen LogP contribution in [0.1, 0.15) is 34.1 Å². The fraction of sp³-hybridized carbons (Fsp3) is 0.700. The minimum Gasteiger partial charge on any atom is -0.493 e. The molecule has 0 saturated carbocycles. The SMILES string of the molecule is C=C(C)C(=O)O[SiH](CCC)OC(C)C. The highest BCUT2D eigenvalue weighted by atomic mass is 28.3. The summed E-state index contributed by atoms with van der Waals surface area (Å²) in [4.78, 5) is 11.2. The Kier molecular flexibility index (Phi) is 6.49. The molecule has 3 nitrogen and oxygen atoms in total. The van der Waals surface area contributed by atoms with E-state index in [2.05, 4.69) is 13.5 Å². The van der Waals surface area contributed by atoms with Crippen LogP contribution in [0.2, 0.25) is 6.04 Å². The molecule has 0 rings (SSSR count). The molecular formula is C10H20O3Si. The summed E-state index contributed by atoms with van der Waals surface area (Å²) in [6.07, 6.45) is 1.10. The van der Waals surface area contributed by atoms with Gasteiger partial charge in [-0.25, -0.2) is 4.79 Å². The maximum atomic E-state index is 11.2. The summed E-state index contributed by atoms with van der Waals surface area (Å²) in [5.41, 5.74) is 0.436. The van der Waals surface area contributed by atoms with Gasteiger partial charge in [-0.1, -0.05) is 19.9 Å². The molecule has 0 aliphatic carbocycles.